The molecule has 0 aliphatic carbocycles. The highest BCUT2D eigenvalue weighted by atomic mass is 35.5. The van der Waals surface area contributed by atoms with Crippen LogP contribution in [0.5, 0.6) is 0 Å². The largest absolute Gasteiger partial charge is 0.416 e. The van der Waals surface area contributed by atoms with Crippen LogP contribution >= 0.6 is 11.6 Å². The Morgan fingerprint density at radius 3 is 2.51 bits per heavy atom. The van der Waals surface area contributed by atoms with Crippen LogP contribution in [0.4, 0.5) is 42.2 Å². The van der Waals surface area contributed by atoms with Crippen molar-refractivity contribution in [2.24, 2.45) is 0 Å². The maximum absolute atomic E-state index is 14.1. The van der Waals surface area contributed by atoms with E-state index in [0.29, 0.717) is 12.1 Å². The number of nitrogens with zero attached hydrogens (tertiary/aromatic N) is 2. The fraction of sp³-hybridized carbons (Fsp3) is 0.240. The third-order valence-electron chi connectivity index (χ3n) is 6.32. The van der Waals surface area contributed by atoms with Gasteiger partial charge in [0.25, 0.3) is 17.7 Å². The van der Waals surface area contributed by atoms with Crippen molar-refractivity contribution in [2.45, 2.75) is 24.6 Å². The van der Waals surface area contributed by atoms with Gasteiger partial charge in [-0.25, -0.2) is 22.5 Å². The molecule has 3 aromatic rings. The molecule has 1 unspecified atom stereocenters. The average molecular weight is 573 g/mol. The molecule has 0 bridgehead atoms. The first-order valence-corrected chi connectivity index (χ1v) is 11.7. The second-order valence-corrected chi connectivity index (χ2v) is 9.48. The second kappa shape index (κ2) is 9.40. The number of hydrogen-bond donors (Lipinski definition) is 2. The van der Waals surface area contributed by atoms with Gasteiger partial charge in [-0.1, -0.05) is 11.6 Å². The summed E-state index contributed by atoms with van der Waals surface area (Å²) in [6, 6.07) is 4.58. The number of pyridine rings is 1. The second-order valence-electron chi connectivity index (χ2n) is 9.07. The number of alkyl halides is 5. The van der Waals surface area contributed by atoms with E-state index in [2.05, 4.69) is 15.6 Å². The summed E-state index contributed by atoms with van der Waals surface area (Å²) in [5.41, 5.74) is -2.54. The number of carbonyl (C=O) groups is 2. The van der Waals surface area contributed by atoms with Gasteiger partial charge in [0.2, 0.25) is 0 Å². The minimum Gasteiger partial charge on any atom is -0.350 e. The van der Waals surface area contributed by atoms with Crippen LogP contribution in [0.3, 0.4) is 0 Å². The molecule has 1 aromatic heterocycles. The SMILES string of the molecule is O=C(Nc1cc(N2CCC(F)(F)C2)nc2c1C(c1cc(F)ccc1Cl)NC2=O)c1cc(F)cc(C(F)(F)F)c1. The molecule has 0 spiro atoms. The predicted molar refractivity (Wildman–Crippen MR) is 126 cm³/mol. The minimum atomic E-state index is -4.95. The fourth-order valence-corrected chi connectivity index (χ4v) is 4.75. The Balaban J connectivity index is 1.62. The van der Waals surface area contributed by atoms with Crippen LogP contribution in [0.15, 0.2) is 42.5 Å². The Labute approximate surface area is 220 Å². The first-order chi connectivity index (χ1) is 18.2. The van der Waals surface area contributed by atoms with Crippen molar-refractivity contribution in [3.8, 4) is 0 Å². The Kier molecular flexibility index (Phi) is 6.44. The van der Waals surface area contributed by atoms with E-state index in [4.69, 9.17) is 11.6 Å². The Morgan fingerprint density at radius 1 is 1.10 bits per heavy atom. The van der Waals surface area contributed by atoms with Gasteiger partial charge < -0.3 is 15.5 Å². The quantitative estimate of drug-likeness (QED) is 0.378. The summed E-state index contributed by atoms with van der Waals surface area (Å²) >= 11 is 6.22. The summed E-state index contributed by atoms with van der Waals surface area (Å²) < 4.78 is 95.4. The molecule has 204 valence electrons. The lowest BCUT2D eigenvalue weighted by atomic mass is 9.98. The molecule has 5 rings (SSSR count). The highest BCUT2D eigenvalue weighted by Gasteiger charge is 2.41. The number of carbonyl (C=O) groups excluding carboxylic acids is 2. The van der Waals surface area contributed by atoms with E-state index in [1.165, 1.54) is 17.0 Å². The Bertz CT molecular complexity index is 1510. The number of fused-ring (bicyclic) bond motifs is 1. The summed E-state index contributed by atoms with van der Waals surface area (Å²) in [4.78, 5) is 31.3. The first kappa shape index (κ1) is 26.7. The molecule has 2 N–H and O–H groups in total. The van der Waals surface area contributed by atoms with E-state index in [-0.39, 0.29) is 46.0 Å². The van der Waals surface area contributed by atoms with Gasteiger partial charge in [0, 0.05) is 40.7 Å². The molecule has 1 fully saturated rings. The van der Waals surface area contributed by atoms with E-state index < -0.39 is 65.7 Å². The van der Waals surface area contributed by atoms with Crippen LogP contribution in [0, 0.1) is 11.6 Å². The van der Waals surface area contributed by atoms with Crippen molar-refractivity contribution in [1.82, 2.24) is 10.3 Å². The van der Waals surface area contributed by atoms with Crippen molar-refractivity contribution in [1.29, 1.82) is 0 Å². The average Bonchev–Trinajstić information content (AvgIpc) is 3.38. The molecule has 1 atom stereocenters. The lowest BCUT2D eigenvalue weighted by molar-refractivity contribution is -0.137. The molecule has 6 nitrogen and oxygen atoms in total. The molecular weight excluding hydrogens is 557 g/mol. The topological polar surface area (TPSA) is 74.3 Å². The van der Waals surface area contributed by atoms with Crippen molar-refractivity contribution in [3.63, 3.8) is 0 Å². The molecule has 3 heterocycles. The van der Waals surface area contributed by atoms with Gasteiger partial charge in [-0.2, -0.15) is 13.2 Å². The summed E-state index contributed by atoms with van der Waals surface area (Å²) in [7, 11) is 0. The van der Waals surface area contributed by atoms with E-state index >= 15 is 0 Å². The predicted octanol–water partition coefficient (Wildman–Crippen LogP) is 5.96. The van der Waals surface area contributed by atoms with Crippen LogP contribution in [0.1, 0.15) is 50.0 Å². The van der Waals surface area contributed by atoms with E-state index in [1.54, 1.807) is 0 Å². The normalized spacial score (nSPS) is 18.2. The lowest BCUT2D eigenvalue weighted by Gasteiger charge is -2.22. The van der Waals surface area contributed by atoms with Crippen LogP contribution in [0.25, 0.3) is 0 Å². The number of halogens is 8. The molecule has 0 radical (unpaired) electrons. The minimum absolute atomic E-state index is 0.0250. The zero-order chi connectivity index (χ0) is 28.3. The van der Waals surface area contributed by atoms with E-state index in [0.717, 1.165) is 12.1 Å². The first-order valence-electron chi connectivity index (χ1n) is 11.3. The smallest absolute Gasteiger partial charge is 0.350 e. The standard InChI is InChI=1S/C25H16ClF7N4O2/c26-16-2-1-13(27)8-15(16)20-19-17(34-22(38)11-5-12(25(31,32)33)7-14(28)6-11)9-18(35-21(19)23(39)36-20)37-4-3-24(29,30)10-37/h1-2,5-9,20H,3-4,10H2,(H,36,39)(H,34,35,38). The van der Waals surface area contributed by atoms with Crippen molar-refractivity contribution < 1.29 is 40.3 Å². The number of rotatable bonds is 4. The Morgan fingerprint density at radius 2 is 1.85 bits per heavy atom. The number of amides is 2. The number of anilines is 2. The molecule has 2 aliphatic rings. The maximum Gasteiger partial charge on any atom is 0.416 e. The zero-order valence-electron chi connectivity index (χ0n) is 19.5. The number of aromatic nitrogens is 1. The highest BCUT2D eigenvalue weighted by molar-refractivity contribution is 6.31. The van der Waals surface area contributed by atoms with Gasteiger partial charge in [0.15, 0.2) is 0 Å². The third-order valence-corrected chi connectivity index (χ3v) is 6.67. The zero-order valence-corrected chi connectivity index (χ0v) is 20.2. The highest BCUT2D eigenvalue weighted by Crippen LogP contribution is 2.41. The van der Waals surface area contributed by atoms with Gasteiger partial charge >= 0.3 is 6.18 Å². The van der Waals surface area contributed by atoms with Crippen LogP contribution in [-0.4, -0.2) is 35.8 Å². The molecular formula is C25H16ClF7N4O2. The van der Waals surface area contributed by atoms with Gasteiger partial charge in [0.1, 0.15) is 23.1 Å². The van der Waals surface area contributed by atoms with E-state index in [1.807, 2.05) is 0 Å². The Hall–Kier alpha value is -3.87. The van der Waals surface area contributed by atoms with Crippen LogP contribution < -0.4 is 15.5 Å². The third kappa shape index (κ3) is 5.22. The summed E-state index contributed by atoms with van der Waals surface area (Å²) in [6.45, 7) is -0.864. The molecule has 2 aromatic carbocycles. The number of hydrogen-bond acceptors (Lipinski definition) is 4. The molecule has 2 aliphatic heterocycles. The fourth-order valence-electron chi connectivity index (χ4n) is 4.52. The summed E-state index contributed by atoms with van der Waals surface area (Å²) in [6.07, 6.45) is -5.44. The maximum atomic E-state index is 14.1. The van der Waals surface area contributed by atoms with Gasteiger partial charge in [0.05, 0.1) is 23.8 Å². The molecule has 1 saturated heterocycles. The monoisotopic (exact) mass is 572 g/mol. The summed E-state index contributed by atoms with van der Waals surface area (Å²) in [5.74, 6) is -7.16. The molecule has 0 saturated carbocycles. The van der Waals surface area contributed by atoms with Crippen molar-refractivity contribution in [2.75, 3.05) is 23.3 Å². The van der Waals surface area contributed by atoms with Crippen molar-refractivity contribution in [3.05, 3.63) is 87.1 Å². The van der Waals surface area contributed by atoms with Crippen molar-refractivity contribution >= 4 is 34.9 Å². The van der Waals surface area contributed by atoms with Gasteiger partial charge in [-0.15, -0.1) is 0 Å². The van der Waals surface area contributed by atoms with E-state index in [9.17, 15) is 40.3 Å². The molecule has 14 heteroatoms. The molecule has 39 heavy (non-hydrogen) atoms. The summed E-state index contributed by atoms with van der Waals surface area (Å²) in [5, 5.41) is 4.93. The van der Waals surface area contributed by atoms with Crippen LogP contribution in [-0.2, 0) is 6.18 Å². The lowest BCUT2D eigenvalue weighted by Crippen LogP contribution is -2.26. The van der Waals surface area contributed by atoms with Crippen LogP contribution in [0.2, 0.25) is 5.02 Å². The number of nitrogens with one attached hydrogen (secondary N) is 2. The number of benzene rings is 2. The van der Waals surface area contributed by atoms with Gasteiger partial charge in [-0.3, -0.25) is 9.59 Å². The molecule has 2 amide bonds. The van der Waals surface area contributed by atoms with Gasteiger partial charge in [-0.05, 0) is 36.4 Å².